The highest BCUT2D eigenvalue weighted by Crippen LogP contribution is 2.34. The summed E-state index contributed by atoms with van der Waals surface area (Å²) in [6.45, 7) is 3.51. The number of carbonyl (C=O) groups is 1. The number of alkyl halides is 3. The summed E-state index contributed by atoms with van der Waals surface area (Å²) in [5, 5.41) is 6.76. The minimum atomic E-state index is -4.49. The van der Waals surface area contributed by atoms with Crippen molar-refractivity contribution in [3.05, 3.63) is 94.4 Å². The Morgan fingerprint density at radius 3 is 2.70 bits per heavy atom. The summed E-state index contributed by atoms with van der Waals surface area (Å²) < 4.78 is 41.6. The first kappa shape index (κ1) is 22.1. The molecule has 4 aromatic rings. The summed E-state index contributed by atoms with van der Waals surface area (Å²) in [7, 11) is 0. The molecule has 0 aliphatic heterocycles. The van der Waals surface area contributed by atoms with Gasteiger partial charge in [-0.1, -0.05) is 25.0 Å². The van der Waals surface area contributed by atoms with Crippen molar-refractivity contribution < 1.29 is 18.0 Å². The number of aryl methyl sites for hydroxylation is 2. The van der Waals surface area contributed by atoms with Gasteiger partial charge in [0, 0.05) is 23.0 Å². The Morgan fingerprint density at radius 1 is 1.12 bits per heavy atom. The SMILES string of the molecule is CCc1ccc(NC(=O)c2ccc(C)c(C#Cc3cnc4cccnn34)c2)cc1C(F)(F)F. The van der Waals surface area contributed by atoms with Crippen LogP contribution in [0.5, 0.6) is 0 Å². The third-order valence-electron chi connectivity index (χ3n) is 5.16. The number of nitrogens with zero attached hydrogens (tertiary/aromatic N) is 3. The van der Waals surface area contributed by atoms with E-state index in [9.17, 15) is 18.0 Å². The molecule has 0 spiro atoms. The topological polar surface area (TPSA) is 59.3 Å². The number of halogens is 3. The van der Waals surface area contributed by atoms with E-state index in [4.69, 9.17) is 0 Å². The van der Waals surface area contributed by atoms with E-state index in [2.05, 4.69) is 27.2 Å². The number of rotatable bonds is 3. The van der Waals surface area contributed by atoms with Gasteiger partial charge in [0.15, 0.2) is 5.65 Å². The minimum absolute atomic E-state index is 0.0783. The second-order valence-corrected chi connectivity index (χ2v) is 7.39. The van der Waals surface area contributed by atoms with Gasteiger partial charge >= 0.3 is 6.18 Å². The predicted molar refractivity (Wildman–Crippen MR) is 119 cm³/mol. The van der Waals surface area contributed by atoms with Crippen LogP contribution in [0.1, 0.15) is 45.2 Å². The first-order valence-electron chi connectivity index (χ1n) is 10.2. The third-order valence-corrected chi connectivity index (χ3v) is 5.16. The van der Waals surface area contributed by atoms with Crippen molar-refractivity contribution in [3.8, 4) is 11.8 Å². The second-order valence-electron chi connectivity index (χ2n) is 7.39. The summed E-state index contributed by atoms with van der Waals surface area (Å²) in [6, 6.07) is 12.4. The summed E-state index contributed by atoms with van der Waals surface area (Å²) in [4.78, 5) is 17.0. The Morgan fingerprint density at radius 2 is 1.94 bits per heavy atom. The van der Waals surface area contributed by atoms with E-state index < -0.39 is 17.6 Å². The highest BCUT2D eigenvalue weighted by atomic mass is 19.4. The standard InChI is InChI=1S/C25H19F3N4O/c1-3-17-8-10-20(14-22(17)25(26,27)28)31-24(33)19-7-6-16(2)18(13-19)9-11-21-15-29-23-5-4-12-30-32(21)23/h4-8,10,12-15H,3H2,1-2H3,(H,31,33). The molecule has 2 aromatic carbocycles. The molecule has 0 aliphatic rings. The van der Waals surface area contributed by atoms with Gasteiger partial charge < -0.3 is 5.32 Å². The number of fused-ring (bicyclic) bond motifs is 1. The van der Waals surface area contributed by atoms with Crippen LogP contribution in [0.2, 0.25) is 0 Å². The molecule has 0 bridgehead atoms. The molecule has 2 aromatic heterocycles. The minimum Gasteiger partial charge on any atom is -0.322 e. The number of aromatic nitrogens is 3. The van der Waals surface area contributed by atoms with E-state index in [0.29, 0.717) is 16.9 Å². The van der Waals surface area contributed by atoms with Crippen LogP contribution in [0.4, 0.5) is 18.9 Å². The van der Waals surface area contributed by atoms with Gasteiger partial charge in [0.05, 0.1) is 11.8 Å². The molecule has 5 nitrogen and oxygen atoms in total. The fourth-order valence-electron chi connectivity index (χ4n) is 3.37. The molecule has 8 heteroatoms. The molecular formula is C25H19F3N4O. The van der Waals surface area contributed by atoms with E-state index in [1.165, 1.54) is 12.1 Å². The van der Waals surface area contributed by atoms with Gasteiger partial charge in [-0.3, -0.25) is 4.79 Å². The summed E-state index contributed by atoms with van der Waals surface area (Å²) in [5.74, 6) is 5.52. The van der Waals surface area contributed by atoms with E-state index in [0.717, 1.165) is 11.6 Å². The van der Waals surface area contributed by atoms with Crippen LogP contribution >= 0.6 is 0 Å². The number of amides is 1. The molecular weight excluding hydrogens is 429 g/mol. The maximum atomic E-state index is 13.3. The maximum Gasteiger partial charge on any atom is 0.416 e. The van der Waals surface area contributed by atoms with E-state index in [1.807, 2.05) is 13.0 Å². The van der Waals surface area contributed by atoms with Crippen molar-refractivity contribution in [3.63, 3.8) is 0 Å². The zero-order valence-corrected chi connectivity index (χ0v) is 17.9. The lowest BCUT2D eigenvalue weighted by Crippen LogP contribution is -2.14. The smallest absolute Gasteiger partial charge is 0.322 e. The quantitative estimate of drug-likeness (QED) is 0.435. The van der Waals surface area contributed by atoms with Crippen LogP contribution in [-0.4, -0.2) is 20.5 Å². The lowest BCUT2D eigenvalue weighted by atomic mass is 10.0. The number of anilines is 1. The van der Waals surface area contributed by atoms with Gasteiger partial charge in [-0.05, 0) is 66.8 Å². The monoisotopic (exact) mass is 448 g/mol. The lowest BCUT2D eigenvalue weighted by Gasteiger charge is -2.14. The summed E-state index contributed by atoms with van der Waals surface area (Å²) >= 11 is 0. The predicted octanol–water partition coefficient (Wildman–Crippen LogP) is 5.27. The molecule has 0 radical (unpaired) electrons. The van der Waals surface area contributed by atoms with Crippen LogP contribution in [0, 0.1) is 18.8 Å². The molecule has 0 fully saturated rings. The van der Waals surface area contributed by atoms with E-state index in [1.54, 1.807) is 48.1 Å². The van der Waals surface area contributed by atoms with Gasteiger partial charge in [0.25, 0.3) is 5.91 Å². The van der Waals surface area contributed by atoms with Crippen molar-refractivity contribution in [2.24, 2.45) is 0 Å². The van der Waals surface area contributed by atoms with Crippen LogP contribution in [0.15, 0.2) is 60.9 Å². The molecule has 0 saturated heterocycles. The number of imidazole rings is 1. The average Bonchev–Trinajstić information content (AvgIpc) is 3.21. The van der Waals surface area contributed by atoms with Gasteiger partial charge in [0.1, 0.15) is 5.69 Å². The molecule has 33 heavy (non-hydrogen) atoms. The highest BCUT2D eigenvalue weighted by molar-refractivity contribution is 6.04. The molecule has 0 saturated carbocycles. The first-order valence-corrected chi connectivity index (χ1v) is 10.2. The third kappa shape index (κ3) is 4.72. The zero-order chi connectivity index (χ0) is 23.6. The summed E-state index contributed by atoms with van der Waals surface area (Å²) in [5.41, 5.74) is 2.52. The molecule has 0 atom stereocenters. The van der Waals surface area contributed by atoms with Crippen molar-refractivity contribution in [2.45, 2.75) is 26.4 Å². The largest absolute Gasteiger partial charge is 0.416 e. The Kier molecular flexibility index (Phi) is 5.88. The van der Waals surface area contributed by atoms with Crippen molar-refractivity contribution in [1.29, 1.82) is 0 Å². The number of carbonyl (C=O) groups excluding carboxylic acids is 1. The number of benzene rings is 2. The van der Waals surface area contributed by atoms with Gasteiger partial charge in [-0.25, -0.2) is 9.50 Å². The van der Waals surface area contributed by atoms with Crippen molar-refractivity contribution in [2.75, 3.05) is 5.32 Å². The van der Waals surface area contributed by atoms with E-state index >= 15 is 0 Å². The molecule has 2 heterocycles. The van der Waals surface area contributed by atoms with Crippen LogP contribution in [-0.2, 0) is 12.6 Å². The Balaban J connectivity index is 1.60. The van der Waals surface area contributed by atoms with Crippen molar-refractivity contribution >= 4 is 17.2 Å². The average molecular weight is 448 g/mol. The van der Waals surface area contributed by atoms with Gasteiger partial charge in [0.2, 0.25) is 0 Å². The Labute approximate surface area is 188 Å². The maximum absolute atomic E-state index is 13.3. The second kappa shape index (κ2) is 8.79. The number of hydrogen-bond acceptors (Lipinski definition) is 3. The van der Waals surface area contributed by atoms with Gasteiger partial charge in [-0.2, -0.15) is 18.3 Å². The number of nitrogens with one attached hydrogen (secondary N) is 1. The Bertz CT molecular complexity index is 1410. The molecule has 0 aliphatic carbocycles. The molecule has 1 amide bonds. The normalized spacial score (nSPS) is 11.2. The first-order chi connectivity index (χ1) is 15.8. The van der Waals surface area contributed by atoms with Crippen LogP contribution in [0.3, 0.4) is 0 Å². The molecule has 4 rings (SSSR count). The fourth-order valence-corrected chi connectivity index (χ4v) is 3.37. The van der Waals surface area contributed by atoms with E-state index in [-0.39, 0.29) is 23.2 Å². The summed E-state index contributed by atoms with van der Waals surface area (Å²) in [6.07, 6.45) is -1.01. The molecule has 166 valence electrons. The molecule has 0 unspecified atom stereocenters. The van der Waals surface area contributed by atoms with Gasteiger partial charge in [-0.15, -0.1) is 0 Å². The lowest BCUT2D eigenvalue weighted by molar-refractivity contribution is -0.138. The Hall–Kier alpha value is -4.12. The fraction of sp³-hybridized carbons (Fsp3) is 0.160. The molecule has 1 N–H and O–H groups in total. The van der Waals surface area contributed by atoms with Crippen molar-refractivity contribution in [1.82, 2.24) is 14.6 Å². The zero-order valence-electron chi connectivity index (χ0n) is 17.9. The van der Waals surface area contributed by atoms with Crippen LogP contribution in [0.25, 0.3) is 5.65 Å². The van der Waals surface area contributed by atoms with Crippen LogP contribution < -0.4 is 5.32 Å². The highest BCUT2D eigenvalue weighted by Gasteiger charge is 2.33. The number of hydrogen-bond donors (Lipinski definition) is 1.